The molecule has 19 heavy (non-hydrogen) atoms. The number of rotatable bonds is 4. The number of aryl methyl sites for hydroxylation is 1. The first kappa shape index (κ1) is 14.5. The zero-order valence-electron chi connectivity index (χ0n) is 12.5. The predicted molar refractivity (Wildman–Crippen MR) is 80.0 cm³/mol. The number of aromatic nitrogens is 1. The Balaban J connectivity index is 2.19. The minimum absolute atomic E-state index is 0.291. The molecule has 106 valence electrons. The van der Waals surface area contributed by atoms with Gasteiger partial charge in [0.25, 0.3) is 0 Å². The second-order valence-electron chi connectivity index (χ2n) is 5.98. The number of pyridine rings is 1. The van der Waals surface area contributed by atoms with Gasteiger partial charge in [-0.2, -0.15) is 0 Å². The second kappa shape index (κ2) is 6.49. The molecule has 1 heterocycles. The van der Waals surface area contributed by atoms with Crippen LogP contribution in [0.5, 0.6) is 0 Å². The van der Waals surface area contributed by atoms with Crippen molar-refractivity contribution in [1.82, 2.24) is 9.88 Å². The fourth-order valence-corrected chi connectivity index (χ4v) is 3.47. The van der Waals surface area contributed by atoms with Crippen LogP contribution in [-0.4, -0.2) is 29.5 Å². The van der Waals surface area contributed by atoms with Crippen molar-refractivity contribution in [2.45, 2.75) is 51.6 Å². The van der Waals surface area contributed by atoms with Crippen molar-refractivity contribution < 1.29 is 0 Å². The van der Waals surface area contributed by atoms with Crippen molar-refractivity contribution in [3.63, 3.8) is 0 Å². The van der Waals surface area contributed by atoms with Crippen LogP contribution in [0.25, 0.3) is 0 Å². The van der Waals surface area contributed by atoms with Crippen LogP contribution >= 0.6 is 0 Å². The highest BCUT2D eigenvalue weighted by Crippen LogP contribution is 2.32. The molecule has 1 saturated carbocycles. The Bertz CT molecular complexity index is 405. The SMILES string of the molecule is Cc1ccncc1C(CN)N(C)C1CCCCC1C. The lowest BCUT2D eigenvalue weighted by atomic mass is 9.84. The van der Waals surface area contributed by atoms with Crippen LogP contribution in [-0.2, 0) is 0 Å². The molecular weight excluding hydrogens is 234 g/mol. The van der Waals surface area contributed by atoms with E-state index in [1.165, 1.54) is 36.8 Å². The molecule has 1 aliphatic rings. The van der Waals surface area contributed by atoms with Gasteiger partial charge in [-0.1, -0.05) is 19.8 Å². The first-order chi connectivity index (χ1) is 9.15. The molecule has 1 fully saturated rings. The Morgan fingerprint density at radius 3 is 2.79 bits per heavy atom. The van der Waals surface area contributed by atoms with Gasteiger partial charge in [-0.05, 0) is 49.9 Å². The summed E-state index contributed by atoms with van der Waals surface area (Å²) in [5.74, 6) is 0.768. The van der Waals surface area contributed by atoms with Gasteiger partial charge in [0.15, 0.2) is 0 Å². The Hall–Kier alpha value is -0.930. The number of nitrogens with zero attached hydrogens (tertiary/aromatic N) is 2. The average molecular weight is 261 g/mol. The van der Waals surface area contributed by atoms with Crippen LogP contribution in [0.2, 0.25) is 0 Å². The topological polar surface area (TPSA) is 42.1 Å². The van der Waals surface area contributed by atoms with Crippen LogP contribution in [0.1, 0.15) is 49.8 Å². The van der Waals surface area contributed by atoms with E-state index < -0.39 is 0 Å². The predicted octanol–water partition coefficient (Wildman–Crippen LogP) is 2.90. The van der Waals surface area contributed by atoms with E-state index in [0.717, 1.165) is 5.92 Å². The Morgan fingerprint density at radius 2 is 2.16 bits per heavy atom. The minimum atomic E-state index is 0.291. The van der Waals surface area contributed by atoms with E-state index in [1.54, 1.807) is 0 Å². The molecule has 0 spiro atoms. The highest BCUT2D eigenvalue weighted by Gasteiger charge is 2.30. The summed E-state index contributed by atoms with van der Waals surface area (Å²) in [4.78, 5) is 6.77. The van der Waals surface area contributed by atoms with E-state index in [0.29, 0.717) is 18.6 Å². The summed E-state index contributed by atoms with van der Waals surface area (Å²) in [6, 6.07) is 3.03. The third-order valence-electron chi connectivity index (χ3n) is 4.74. The molecule has 3 unspecified atom stereocenters. The number of likely N-dealkylation sites (N-methyl/N-ethyl adjacent to an activating group) is 1. The number of nitrogens with two attached hydrogens (primary N) is 1. The van der Waals surface area contributed by atoms with E-state index in [1.807, 2.05) is 12.4 Å². The molecule has 0 radical (unpaired) electrons. The lowest BCUT2D eigenvalue weighted by molar-refractivity contribution is 0.0988. The average Bonchev–Trinajstić information content (AvgIpc) is 2.42. The summed E-state index contributed by atoms with van der Waals surface area (Å²) < 4.78 is 0. The summed E-state index contributed by atoms with van der Waals surface area (Å²) in [7, 11) is 2.23. The van der Waals surface area contributed by atoms with Crippen molar-refractivity contribution >= 4 is 0 Å². The van der Waals surface area contributed by atoms with Gasteiger partial charge in [-0.25, -0.2) is 0 Å². The van der Waals surface area contributed by atoms with Crippen molar-refractivity contribution in [2.75, 3.05) is 13.6 Å². The van der Waals surface area contributed by atoms with Crippen molar-refractivity contribution in [3.8, 4) is 0 Å². The molecule has 0 saturated heterocycles. The summed E-state index contributed by atoms with van der Waals surface area (Å²) in [6.07, 6.45) is 9.21. The van der Waals surface area contributed by atoms with Gasteiger partial charge in [0.05, 0.1) is 0 Å². The summed E-state index contributed by atoms with van der Waals surface area (Å²) in [5.41, 5.74) is 8.63. The standard InChI is InChI=1S/C16H27N3/c1-12-8-9-18-11-14(12)16(10-17)19(3)15-7-5-4-6-13(15)2/h8-9,11,13,15-16H,4-7,10,17H2,1-3H3. The van der Waals surface area contributed by atoms with Crippen LogP contribution in [0.3, 0.4) is 0 Å². The first-order valence-electron chi connectivity index (χ1n) is 7.47. The van der Waals surface area contributed by atoms with Gasteiger partial charge in [-0.15, -0.1) is 0 Å². The van der Waals surface area contributed by atoms with Crippen LogP contribution in [0.15, 0.2) is 18.5 Å². The largest absolute Gasteiger partial charge is 0.329 e. The Kier molecular flexibility index (Phi) is 4.94. The smallest absolute Gasteiger partial charge is 0.0488 e. The van der Waals surface area contributed by atoms with Crippen LogP contribution in [0.4, 0.5) is 0 Å². The van der Waals surface area contributed by atoms with Gasteiger partial charge < -0.3 is 5.73 Å². The highest BCUT2D eigenvalue weighted by molar-refractivity contribution is 5.25. The van der Waals surface area contributed by atoms with Gasteiger partial charge in [-0.3, -0.25) is 9.88 Å². The molecule has 1 aromatic rings. The molecule has 0 aliphatic heterocycles. The third kappa shape index (κ3) is 3.15. The molecule has 1 aromatic heterocycles. The Morgan fingerprint density at radius 1 is 1.42 bits per heavy atom. The summed E-state index contributed by atoms with van der Waals surface area (Å²) in [6.45, 7) is 5.19. The molecule has 0 aromatic carbocycles. The van der Waals surface area contributed by atoms with Crippen LogP contribution < -0.4 is 5.73 Å². The first-order valence-corrected chi connectivity index (χ1v) is 7.47. The minimum Gasteiger partial charge on any atom is -0.329 e. The maximum absolute atomic E-state index is 6.06. The van der Waals surface area contributed by atoms with Gasteiger partial charge in [0.2, 0.25) is 0 Å². The molecule has 3 nitrogen and oxygen atoms in total. The van der Waals surface area contributed by atoms with Gasteiger partial charge in [0.1, 0.15) is 0 Å². The van der Waals surface area contributed by atoms with E-state index in [9.17, 15) is 0 Å². The molecule has 1 aliphatic carbocycles. The lowest BCUT2D eigenvalue weighted by Crippen LogP contribution is -2.43. The monoisotopic (exact) mass is 261 g/mol. The molecule has 2 rings (SSSR count). The lowest BCUT2D eigenvalue weighted by Gasteiger charge is -2.41. The fourth-order valence-electron chi connectivity index (χ4n) is 3.47. The highest BCUT2D eigenvalue weighted by atomic mass is 15.2. The van der Waals surface area contributed by atoms with Gasteiger partial charge in [0, 0.05) is 31.0 Å². The molecule has 0 bridgehead atoms. The van der Waals surface area contributed by atoms with Crippen LogP contribution in [0, 0.1) is 12.8 Å². The molecular formula is C16H27N3. The molecule has 3 atom stereocenters. The zero-order chi connectivity index (χ0) is 13.8. The summed E-state index contributed by atoms with van der Waals surface area (Å²) in [5, 5.41) is 0. The maximum Gasteiger partial charge on any atom is 0.0488 e. The molecule has 0 amide bonds. The molecule has 3 heteroatoms. The van der Waals surface area contributed by atoms with E-state index in [4.69, 9.17) is 5.73 Å². The van der Waals surface area contributed by atoms with E-state index in [2.05, 4.69) is 36.8 Å². The quantitative estimate of drug-likeness (QED) is 0.906. The van der Waals surface area contributed by atoms with Gasteiger partial charge >= 0.3 is 0 Å². The second-order valence-corrected chi connectivity index (χ2v) is 5.98. The third-order valence-corrected chi connectivity index (χ3v) is 4.74. The van der Waals surface area contributed by atoms with Crippen molar-refractivity contribution in [1.29, 1.82) is 0 Å². The summed E-state index contributed by atoms with van der Waals surface area (Å²) >= 11 is 0. The van der Waals surface area contributed by atoms with E-state index in [-0.39, 0.29) is 0 Å². The molecule has 2 N–H and O–H groups in total. The number of hydrogen-bond acceptors (Lipinski definition) is 3. The number of hydrogen-bond donors (Lipinski definition) is 1. The normalized spacial score (nSPS) is 25.5. The van der Waals surface area contributed by atoms with E-state index >= 15 is 0 Å². The zero-order valence-corrected chi connectivity index (χ0v) is 12.5. The van der Waals surface area contributed by atoms with Crippen molar-refractivity contribution in [2.24, 2.45) is 11.7 Å². The van der Waals surface area contributed by atoms with Crippen molar-refractivity contribution in [3.05, 3.63) is 29.6 Å². The maximum atomic E-state index is 6.06. The fraction of sp³-hybridized carbons (Fsp3) is 0.688. The Labute approximate surface area is 117 Å².